The van der Waals surface area contributed by atoms with Gasteiger partial charge in [-0.2, -0.15) is 0 Å². The summed E-state index contributed by atoms with van der Waals surface area (Å²) >= 11 is 0. The van der Waals surface area contributed by atoms with Crippen LogP contribution in [-0.4, -0.2) is 12.6 Å². The van der Waals surface area contributed by atoms with E-state index in [1.54, 1.807) is 0 Å². The first-order chi connectivity index (χ1) is 27.3. The molecule has 0 radical (unpaired) electrons. The fourth-order valence-electron chi connectivity index (χ4n) is 8.71. The molecule has 0 atom stereocenters. The molecule has 10 aromatic rings. The number of anilines is 3. The Morgan fingerprint density at radius 2 is 0.836 bits per heavy atom. The Hall–Kier alpha value is -6.94. The van der Waals surface area contributed by atoms with Gasteiger partial charge in [0.05, 0.1) is 16.7 Å². The van der Waals surface area contributed by atoms with Crippen LogP contribution in [0.25, 0.3) is 38.3 Å². The van der Waals surface area contributed by atoms with Gasteiger partial charge >= 0.3 is 0 Å². The number of para-hydroxylation sites is 2. The molecule has 0 aliphatic carbocycles. The Balaban J connectivity index is 1.23. The van der Waals surface area contributed by atoms with Crippen LogP contribution in [0, 0.1) is 0 Å². The topological polar surface area (TPSA) is 8.17 Å². The zero-order valence-electron chi connectivity index (χ0n) is 30.3. The Labute approximate surface area is 322 Å². The van der Waals surface area contributed by atoms with Crippen molar-refractivity contribution in [3.63, 3.8) is 0 Å². The molecule has 0 spiro atoms. The largest absolute Gasteiger partial charge is 0.310 e. The number of hydrogen-bond donors (Lipinski definition) is 0. The molecular weight excluding hydrogens is 681 g/mol. The summed E-state index contributed by atoms with van der Waals surface area (Å²) < 4.78 is 2.40. The standard InChI is InChI=1S/C52H38N2Si/c1-5-20-41(21-6-1)54-49-29-16-15-28-48(49)52-50(30-17-31-51(52)54)53(43-33-32-39-18-13-14-19-40(39)38-43)42-34-36-47(37-35-42)55(44-22-7-2-8-23-44,45-24-9-3-10-25-45)46-26-11-4-12-27-46/h1-38H. The molecule has 3 heteroatoms. The molecule has 260 valence electrons. The first-order valence-corrected chi connectivity index (χ1v) is 20.9. The van der Waals surface area contributed by atoms with Crippen molar-refractivity contribution in [2.45, 2.75) is 0 Å². The summed E-state index contributed by atoms with van der Waals surface area (Å²) in [7, 11) is -2.69. The summed E-state index contributed by atoms with van der Waals surface area (Å²) in [5.74, 6) is 0. The van der Waals surface area contributed by atoms with Crippen molar-refractivity contribution in [2.75, 3.05) is 4.90 Å². The van der Waals surface area contributed by atoms with Crippen LogP contribution >= 0.6 is 0 Å². The van der Waals surface area contributed by atoms with E-state index in [9.17, 15) is 0 Å². The molecule has 1 aromatic heterocycles. The molecule has 9 aromatic carbocycles. The molecule has 0 fully saturated rings. The third-order valence-electron chi connectivity index (χ3n) is 11.1. The van der Waals surface area contributed by atoms with Crippen LogP contribution < -0.4 is 25.6 Å². The smallest absolute Gasteiger partial charge is 0.179 e. The molecule has 55 heavy (non-hydrogen) atoms. The van der Waals surface area contributed by atoms with Crippen LogP contribution in [0.1, 0.15) is 0 Å². The highest BCUT2D eigenvalue weighted by Crippen LogP contribution is 2.44. The number of hydrogen-bond acceptors (Lipinski definition) is 1. The zero-order chi connectivity index (χ0) is 36.6. The molecule has 0 aliphatic heterocycles. The van der Waals surface area contributed by atoms with E-state index in [1.165, 1.54) is 53.3 Å². The van der Waals surface area contributed by atoms with E-state index in [0.29, 0.717) is 0 Å². The molecule has 2 nitrogen and oxygen atoms in total. The molecule has 0 saturated carbocycles. The van der Waals surface area contributed by atoms with Gasteiger partial charge in [0.25, 0.3) is 0 Å². The van der Waals surface area contributed by atoms with E-state index >= 15 is 0 Å². The molecule has 10 rings (SSSR count). The zero-order valence-corrected chi connectivity index (χ0v) is 31.3. The Morgan fingerprint density at radius 1 is 0.345 bits per heavy atom. The van der Waals surface area contributed by atoms with E-state index in [1.807, 2.05) is 0 Å². The van der Waals surface area contributed by atoms with Gasteiger partial charge < -0.3 is 9.47 Å². The van der Waals surface area contributed by atoms with Gasteiger partial charge in [0, 0.05) is 27.8 Å². The minimum atomic E-state index is -2.69. The van der Waals surface area contributed by atoms with Gasteiger partial charge in [-0.1, -0.05) is 176 Å². The summed E-state index contributed by atoms with van der Waals surface area (Å²) in [5, 5.41) is 10.3. The van der Waals surface area contributed by atoms with Crippen LogP contribution in [0.4, 0.5) is 17.1 Å². The highest BCUT2D eigenvalue weighted by molar-refractivity contribution is 7.19. The third-order valence-corrected chi connectivity index (χ3v) is 15.9. The van der Waals surface area contributed by atoms with Gasteiger partial charge in [0.15, 0.2) is 8.07 Å². The van der Waals surface area contributed by atoms with Crippen LogP contribution in [0.15, 0.2) is 231 Å². The van der Waals surface area contributed by atoms with E-state index in [2.05, 4.69) is 240 Å². The lowest BCUT2D eigenvalue weighted by Crippen LogP contribution is -2.74. The number of fused-ring (bicyclic) bond motifs is 4. The maximum Gasteiger partial charge on any atom is 0.179 e. The third kappa shape index (κ3) is 5.48. The minimum absolute atomic E-state index is 1.11. The fraction of sp³-hybridized carbons (Fsp3) is 0. The summed E-state index contributed by atoms with van der Waals surface area (Å²) in [4.78, 5) is 2.46. The highest BCUT2D eigenvalue weighted by Gasteiger charge is 2.41. The van der Waals surface area contributed by atoms with Crippen LogP contribution in [0.2, 0.25) is 0 Å². The Morgan fingerprint density at radius 3 is 1.47 bits per heavy atom. The first kappa shape index (κ1) is 32.7. The van der Waals surface area contributed by atoms with Crippen molar-refractivity contribution in [3.05, 3.63) is 231 Å². The average Bonchev–Trinajstić information content (AvgIpc) is 3.61. The van der Waals surface area contributed by atoms with Crippen molar-refractivity contribution < 1.29 is 0 Å². The number of rotatable bonds is 8. The van der Waals surface area contributed by atoms with Gasteiger partial charge in [-0.05, 0) is 86.1 Å². The Kier molecular flexibility index (Phi) is 8.20. The maximum absolute atomic E-state index is 2.69. The molecule has 0 unspecified atom stereocenters. The fourth-order valence-corrected chi connectivity index (χ4v) is 13.5. The predicted octanol–water partition coefficient (Wildman–Crippen LogP) is 10.8. The highest BCUT2D eigenvalue weighted by atomic mass is 28.3. The monoisotopic (exact) mass is 718 g/mol. The average molecular weight is 719 g/mol. The van der Waals surface area contributed by atoms with Crippen molar-refractivity contribution in [2.24, 2.45) is 0 Å². The van der Waals surface area contributed by atoms with Gasteiger partial charge in [0.2, 0.25) is 0 Å². The van der Waals surface area contributed by atoms with E-state index < -0.39 is 8.07 Å². The summed E-state index contributed by atoms with van der Waals surface area (Å²) in [6, 6.07) is 84.6. The lowest BCUT2D eigenvalue weighted by atomic mass is 10.1. The van der Waals surface area contributed by atoms with Crippen LogP contribution in [-0.2, 0) is 0 Å². The lowest BCUT2D eigenvalue weighted by Gasteiger charge is -2.35. The van der Waals surface area contributed by atoms with Crippen molar-refractivity contribution >= 4 is 78.5 Å². The second-order valence-corrected chi connectivity index (χ2v) is 17.9. The van der Waals surface area contributed by atoms with Crippen LogP contribution in [0.5, 0.6) is 0 Å². The summed E-state index contributed by atoms with van der Waals surface area (Å²) in [6.07, 6.45) is 0. The van der Waals surface area contributed by atoms with Crippen LogP contribution in [0.3, 0.4) is 0 Å². The van der Waals surface area contributed by atoms with Crippen molar-refractivity contribution in [1.29, 1.82) is 0 Å². The summed E-state index contributed by atoms with van der Waals surface area (Å²) in [6.45, 7) is 0. The van der Waals surface area contributed by atoms with E-state index in [0.717, 1.165) is 22.7 Å². The molecule has 0 saturated heterocycles. The molecule has 0 aliphatic rings. The second-order valence-electron chi connectivity index (χ2n) is 14.1. The molecule has 0 amide bonds. The van der Waals surface area contributed by atoms with Gasteiger partial charge in [0.1, 0.15) is 0 Å². The second kappa shape index (κ2) is 13.8. The maximum atomic E-state index is 2.46. The van der Waals surface area contributed by atoms with Crippen molar-refractivity contribution in [3.8, 4) is 5.69 Å². The van der Waals surface area contributed by atoms with E-state index in [-0.39, 0.29) is 0 Å². The quantitative estimate of drug-likeness (QED) is 0.112. The Bertz CT molecular complexity index is 2810. The summed E-state index contributed by atoms with van der Waals surface area (Å²) in [5.41, 5.74) is 6.89. The van der Waals surface area contributed by atoms with Gasteiger partial charge in [-0.25, -0.2) is 0 Å². The van der Waals surface area contributed by atoms with Gasteiger partial charge in [-0.15, -0.1) is 0 Å². The molecular formula is C52H38N2Si. The number of aromatic nitrogens is 1. The lowest BCUT2D eigenvalue weighted by molar-refractivity contribution is 1.18. The number of benzene rings is 9. The SMILES string of the molecule is c1ccc(-n2c3ccccc3c3c(N(c4ccc([Si](c5ccccc5)(c5ccccc5)c5ccccc5)cc4)c4ccc5ccccc5c4)cccc32)cc1. The van der Waals surface area contributed by atoms with Crippen molar-refractivity contribution in [1.82, 2.24) is 4.57 Å². The predicted molar refractivity (Wildman–Crippen MR) is 237 cm³/mol. The van der Waals surface area contributed by atoms with Gasteiger partial charge in [-0.3, -0.25) is 0 Å². The normalized spacial score (nSPS) is 11.6. The minimum Gasteiger partial charge on any atom is -0.310 e. The molecule has 0 N–H and O–H groups in total. The molecule has 1 heterocycles. The number of nitrogens with zero attached hydrogens (tertiary/aromatic N) is 2. The van der Waals surface area contributed by atoms with E-state index in [4.69, 9.17) is 0 Å². The first-order valence-electron chi connectivity index (χ1n) is 18.9. The molecule has 0 bridgehead atoms.